The van der Waals surface area contributed by atoms with Crippen molar-refractivity contribution < 1.29 is 28.6 Å². The Morgan fingerprint density at radius 1 is 0.296 bits per heavy atom. The van der Waals surface area contributed by atoms with E-state index >= 15 is 0 Å². The summed E-state index contributed by atoms with van der Waals surface area (Å²) >= 11 is 0. The summed E-state index contributed by atoms with van der Waals surface area (Å²) in [5, 5.41) is 0. The maximum atomic E-state index is 12.9. The molecule has 402 valence electrons. The van der Waals surface area contributed by atoms with Gasteiger partial charge in [-0.1, -0.05) is 232 Å². The molecule has 6 nitrogen and oxygen atoms in total. The summed E-state index contributed by atoms with van der Waals surface area (Å²) in [6.07, 6.45) is 80.5. The third-order valence-corrected chi connectivity index (χ3v) is 11.9. The largest absolute Gasteiger partial charge is 0.462 e. The minimum atomic E-state index is -0.821. The number of unbranched alkanes of at least 4 members (excludes halogenated alkanes) is 20. The Labute approximate surface area is 437 Å². The molecule has 0 aliphatic heterocycles. The fourth-order valence-electron chi connectivity index (χ4n) is 7.59. The molecular formula is C65H106O6. The lowest BCUT2D eigenvalue weighted by Gasteiger charge is -2.18. The van der Waals surface area contributed by atoms with Crippen LogP contribution in [0.1, 0.15) is 252 Å². The smallest absolute Gasteiger partial charge is 0.306 e. The number of hydrogen-bond acceptors (Lipinski definition) is 6. The van der Waals surface area contributed by atoms with Gasteiger partial charge in [-0.2, -0.15) is 0 Å². The molecule has 0 aromatic rings. The second-order valence-electron chi connectivity index (χ2n) is 18.8. The molecule has 1 atom stereocenters. The molecule has 0 saturated carbocycles. The predicted molar refractivity (Wildman–Crippen MR) is 306 cm³/mol. The van der Waals surface area contributed by atoms with Crippen LogP contribution in [0.25, 0.3) is 0 Å². The highest BCUT2D eigenvalue weighted by Crippen LogP contribution is 2.14. The lowest BCUT2D eigenvalue weighted by atomic mass is 10.1. The van der Waals surface area contributed by atoms with Gasteiger partial charge in [0.2, 0.25) is 0 Å². The lowest BCUT2D eigenvalue weighted by molar-refractivity contribution is -0.166. The fourth-order valence-corrected chi connectivity index (χ4v) is 7.59. The number of carbonyl (C=O) groups is 3. The summed E-state index contributed by atoms with van der Waals surface area (Å²) in [6.45, 7) is 6.39. The Morgan fingerprint density at radius 3 is 0.944 bits per heavy atom. The Hall–Kier alpha value is -4.19. The predicted octanol–water partition coefficient (Wildman–Crippen LogP) is 19.6. The summed E-state index contributed by atoms with van der Waals surface area (Å²) in [5.41, 5.74) is 0. The van der Waals surface area contributed by atoms with E-state index in [0.29, 0.717) is 19.3 Å². The molecule has 0 heterocycles. The lowest BCUT2D eigenvalue weighted by Crippen LogP contribution is -2.30. The van der Waals surface area contributed by atoms with Crippen molar-refractivity contribution >= 4 is 17.9 Å². The van der Waals surface area contributed by atoms with E-state index in [0.717, 1.165) is 109 Å². The average Bonchev–Trinajstić information content (AvgIpc) is 3.37. The molecular weight excluding hydrogens is 877 g/mol. The van der Waals surface area contributed by atoms with Gasteiger partial charge in [-0.15, -0.1) is 0 Å². The third kappa shape index (κ3) is 56.6. The molecule has 0 saturated heterocycles. The molecule has 0 aromatic carbocycles. The van der Waals surface area contributed by atoms with Crippen molar-refractivity contribution in [3.05, 3.63) is 122 Å². The number of carbonyl (C=O) groups excluding carboxylic acids is 3. The van der Waals surface area contributed by atoms with Gasteiger partial charge in [0.05, 0.1) is 0 Å². The zero-order valence-corrected chi connectivity index (χ0v) is 45.9. The van der Waals surface area contributed by atoms with E-state index in [9.17, 15) is 14.4 Å². The summed E-state index contributed by atoms with van der Waals surface area (Å²) in [4.78, 5) is 38.2. The highest BCUT2D eigenvalue weighted by Gasteiger charge is 2.19. The first kappa shape index (κ1) is 66.8. The van der Waals surface area contributed by atoms with Gasteiger partial charge in [-0.05, 0) is 122 Å². The maximum Gasteiger partial charge on any atom is 0.306 e. The summed E-state index contributed by atoms with van der Waals surface area (Å²) in [7, 11) is 0. The quantitative estimate of drug-likeness (QED) is 0.0261. The van der Waals surface area contributed by atoms with Crippen LogP contribution in [0, 0.1) is 0 Å². The number of hydrogen-bond donors (Lipinski definition) is 0. The molecule has 0 aliphatic rings. The van der Waals surface area contributed by atoms with Gasteiger partial charge in [-0.25, -0.2) is 0 Å². The van der Waals surface area contributed by atoms with Crippen LogP contribution in [0.15, 0.2) is 122 Å². The van der Waals surface area contributed by atoms with E-state index in [1.54, 1.807) is 0 Å². The van der Waals surface area contributed by atoms with E-state index in [-0.39, 0.29) is 37.5 Å². The van der Waals surface area contributed by atoms with Crippen LogP contribution in [-0.4, -0.2) is 37.2 Å². The van der Waals surface area contributed by atoms with Gasteiger partial charge in [-0.3, -0.25) is 14.4 Å². The molecule has 0 aliphatic carbocycles. The summed E-state index contributed by atoms with van der Waals surface area (Å²) in [6, 6.07) is 0. The molecule has 6 heteroatoms. The summed E-state index contributed by atoms with van der Waals surface area (Å²) in [5.74, 6) is -1.02. The van der Waals surface area contributed by atoms with E-state index in [4.69, 9.17) is 14.2 Å². The second kappa shape index (κ2) is 58.4. The first-order valence-electron chi connectivity index (χ1n) is 29.0. The fraction of sp³-hybridized carbons (Fsp3) is 0.646. The van der Waals surface area contributed by atoms with Crippen LogP contribution < -0.4 is 0 Å². The number of allylic oxidation sites excluding steroid dienone is 20. The first-order chi connectivity index (χ1) is 35.0. The summed E-state index contributed by atoms with van der Waals surface area (Å²) < 4.78 is 16.8. The standard InChI is InChI=1S/C65H106O6/c1-4-7-10-13-16-19-22-25-28-30-32-34-37-40-43-46-49-52-55-58-64(67)70-61-62(60-69-63(66)57-54-51-48-45-42-39-36-27-24-21-18-15-12-9-6-3)71-65(68)59-56-53-50-47-44-41-38-35-33-31-29-26-23-20-17-14-11-8-5-2/h7,10,16-21,25-29,32,34,36,40,43,49,52,62H,4-6,8-9,11-15,22-24,30-31,33,35,37-39,41-42,44-48,50-51,53-61H2,1-3H3/b10-7+,19-16+,20-17+,21-18+,28-25+,29-26+,34-32+,36-27+,43-40+,52-49+/t62-/m1/s1. The van der Waals surface area contributed by atoms with Crippen LogP contribution in [0.5, 0.6) is 0 Å². The van der Waals surface area contributed by atoms with Crippen molar-refractivity contribution in [2.24, 2.45) is 0 Å². The average molecular weight is 984 g/mol. The molecule has 0 bridgehead atoms. The Kier molecular flexibility index (Phi) is 54.9. The molecule has 0 amide bonds. The molecule has 0 unspecified atom stereocenters. The highest BCUT2D eigenvalue weighted by atomic mass is 16.6. The number of ether oxygens (including phenoxy) is 3. The van der Waals surface area contributed by atoms with E-state index in [2.05, 4.69) is 136 Å². The molecule has 71 heavy (non-hydrogen) atoms. The van der Waals surface area contributed by atoms with Gasteiger partial charge < -0.3 is 14.2 Å². The van der Waals surface area contributed by atoms with Gasteiger partial charge in [0, 0.05) is 19.3 Å². The van der Waals surface area contributed by atoms with Gasteiger partial charge >= 0.3 is 17.9 Å². The Balaban J connectivity index is 4.53. The Bertz CT molecular complexity index is 1500. The SMILES string of the molecule is CC/C=C/C/C=C/C/C=C/C/C=C/C/C=C/C/C=C/CCC(=O)OC[C@@H](COC(=O)CCCCCCC/C=C/C/C=C/CCCCC)OC(=O)CCCCCCCCCCC/C=C/C/C=C/CCCCC. The van der Waals surface area contributed by atoms with Crippen LogP contribution in [-0.2, 0) is 28.6 Å². The maximum absolute atomic E-state index is 12.9. The van der Waals surface area contributed by atoms with Crippen LogP contribution in [0.3, 0.4) is 0 Å². The monoisotopic (exact) mass is 983 g/mol. The molecule has 0 spiro atoms. The zero-order valence-electron chi connectivity index (χ0n) is 45.9. The van der Waals surface area contributed by atoms with Crippen LogP contribution in [0.2, 0.25) is 0 Å². The highest BCUT2D eigenvalue weighted by molar-refractivity contribution is 5.71. The van der Waals surface area contributed by atoms with Gasteiger partial charge in [0.15, 0.2) is 6.10 Å². The Morgan fingerprint density at radius 2 is 0.577 bits per heavy atom. The van der Waals surface area contributed by atoms with Crippen molar-refractivity contribution in [1.82, 2.24) is 0 Å². The second-order valence-corrected chi connectivity index (χ2v) is 18.8. The van der Waals surface area contributed by atoms with Crippen molar-refractivity contribution in [1.29, 1.82) is 0 Å². The molecule has 0 radical (unpaired) electrons. The van der Waals surface area contributed by atoms with Crippen LogP contribution in [0.4, 0.5) is 0 Å². The van der Waals surface area contributed by atoms with Gasteiger partial charge in [0.25, 0.3) is 0 Å². The minimum Gasteiger partial charge on any atom is -0.462 e. The number of rotatable bonds is 51. The first-order valence-corrected chi connectivity index (χ1v) is 29.0. The van der Waals surface area contributed by atoms with Gasteiger partial charge in [0.1, 0.15) is 13.2 Å². The topological polar surface area (TPSA) is 78.9 Å². The van der Waals surface area contributed by atoms with Crippen LogP contribution >= 0.6 is 0 Å². The molecule has 0 aromatic heterocycles. The number of esters is 3. The van der Waals surface area contributed by atoms with E-state index in [1.165, 1.54) is 96.3 Å². The van der Waals surface area contributed by atoms with E-state index < -0.39 is 6.10 Å². The third-order valence-electron chi connectivity index (χ3n) is 11.9. The van der Waals surface area contributed by atoms with Crippen molar-refractivity contribution in [2.45, 2.75) is 258 Å². The van der Waals surface area contributed by atoms with Crippen molar-refractivity contribution in [2.75, 3.05) is 13.2 Å². The molecule has 0 rings (SSSR count). The zero-order chi connectivity index (χ0) is 51.4. The normalized spacial score (nSPS) is 13.0. The van der Waals surface area contributed by atoms with Crippen molar-refractivity contribution in [3.8, 4) is 0 Å². The van der Waals surface area contributed by atoms with E-state index in [1.807, 2.05) is 6.08 Å². The minimum absolute atomic E-state index is 0.113. The molecule has 0 fully saturated rings. The molecule has 0 N–H and O–H groups in total. The van der Waals surface area contributed by atoms with Crippen molar-refractivity contribution in [3.63, 3.8) is 0 Å².